The Morgan fingerprint density at radius 3 is 2.00 bits per heavy atom. The third kappa shape index (κ3) is 1.98. The van der Waals surface area contributed by atoms with E-state index in [-0.39, 0.29) is 0 Å². The molecule has 1 rings (SSSR count). The zero-order chi connectivity index (χ0) is 10.1. The van der Waals surface area contributed by atoms with Crippen LogP contribution in [0.3, 0.4) is 0 Å². The number of halogens is 3. The van der Waals surface area contributed by atoms with Crippen molar-refractivity contribution >= 4 is 18.2 Å². The molecule has 1 aromatic carbocycles. The summed E-state index contributed by atoms with van der Waals surface area (Å²) in [7, 11) is 0. The Morgan fingerprint density at radius 1 is 1.15 bits per heavy atom. The van der Waals surface area contributed by atoms with E-state index in [2.05, 4.69) is 0 Å². The number of rotatable bonds is 1. The van der Waals surface area contributed by atoms with Gasteiger partial charge in [0, 0.05) is 0 Å². The van der Waals surface area contributed by atoms with Crippen LogP contribution in [0.25, 0.3) is 0 Å². The molecule has 0 heterocycles. The fourth-order valence-electron chi connectivity index (χ4n) is 0.776. The SMILES string of the molecule is O=[As](O)(c1ccccc1)C(F)(F)F. The molecule has 0 aliphatic rings. The summed E-state index contributed by atoms with van der Waals surface area (Å²) in [5.74, 6) is 0. The van der Waals surface area contributed by atoms with Gasteiger partial charge in [-0.3, -0.25) is 0 Å². The number of hydrogen-bond acceptors (Lipinski definition) is 1. The van der Waals surface area contributed by atoms with Crippen LogP contribution < -0.4 is 4.35 Å². The Bertz CT molecular complexity index is 333. The molecular formula is C7H6AsF3O2. The van der Waals surface area contributed by atoms with Crippen LogP contribution in [-0.2, 0) is 3.74 Å². The second-order valence-electron chi connectivity index (χ2n) is 2.38. The van der Waals surface area contributed by atoms with Crippen molar-refractivity contribution in [2.45, 2.75) is 4.96 Å². The van der Waals surface area contributed by atoms with Gasteiger partial charge in [-0.05, 0) is 0 Å². The van der Waals surface area contributed by atoms with E-state index in [0.29, 0.717) is 0 Å². The summed E-state index contributed by atoms with van der Waals surface area (Å²) in [5, 5.41) is 0. The van der Waals surface area contributed by atoms with E-state index in [0.717, 1.165) is 12.1 Å². The van der Waals surface area contributed by atoms with Crippen LogP contribution in [-0.4, -0.2) is 22.9 Å². The average molecular weight is 254 g/mol. The number of alkyl halides is 3. The van der Waals surface area contributed by atoms with Crippen molar-refractivity contribution < 1.29 is 21.0 Å². The summed E-state index contributed by atoms with van der Waals surface area (Å²) in [6.45, 7) is 0. The first-order chi connectivity index (χ1) is 5.86. The summed E-state index contributed by atoms with van der Waals surface area (Å²) >= 11 is -5.89. The molecule has 2 nitrogen and oxygen atoms in total. The maximum absolute atomic E-state index is 12.0. The van der Waals surface area contributed by atoms with Crippen molar-refractivity contribution in [3.63, 3.8) is 0 Å². The molecule has 0 aromatic heterocycles. The molecular weight excluding hydrogens is 248 g/mol. The van der Waals surface area contributed by atoms with Gasteiger partial charge in [0.15, 0.2) is 0 Å². The van der Waals surface area contributed by atoms with Gasteiger partial charge in [-0.15, -0.1) is 0 Å². The summed E-state index contributed by atoms with van der Waals surface area (Å²) in [5.41, 5.74) is 0. The molecule has 6 heteroatoms. The van der Waals surface area contributed by atoms with Crippen LogP contribution in [0.5, 0.6) is 0 Å². The van der Waals surface area contributed by atoms with Gasteiger partial charge in [-0.25, -0.2) is 0 Å². The van der Waals surface area contributed by atoms with Gasteiger partial charge < -0.3 is 0 Å². The third-order valence-corrected chi connectivity index (χ3v) is 4.99. The van der Waals surface area contributed by atoms with E-state index in [1.165, 1.54) is 18.2 Å². The Kier molecular flexibility index (Phi) is 2.59. The maximum atomic E-state index is 12.0. The van der Waals surface area contributed by atoms with E-state index in [1.54, 1.807) is 0 Å². The normalized spacial score (nSPS) is 16.6. The van der Waals surface area contributed by atoms with E-state index in [9.17, 15) is 16.9 Å². The van der Waals surface area contributed by atoms with E-state index < -0.39 is 23.1 Å². The Hall–Kier alpha value is -0.672. The van der Waals surface area contributed by atoms with Gasteiger partial charge in [-0.1, -0.05) is 0 Å². The van der Waals surface area contributed by atoms with Gasteiger partial charge >= 0.3 is 74.5 Å². The van der Waals surface area contributed by atoms with Crippen LogP contribution in [0.15, 0.2) is 30.3 Å². The Labute approximate surface area is 75.0 Å². The van der Waals surface area contributed by atoms with Crippen LogP contribution in [0.2, 0.25) is 0 Å². The number of benzene rings is 1. The van der Waals surface area contributed by atoms with Gasteiger partial charge in [0.1, 0.15) is 0 Å². The van der Waals surface area contributed by atoms with Crippen LogP contribution in [0, 0.1) is 0 Å². The van der Waals surface area contributed by atoms with E-state index in [4.69, 9.17) is 4.10 Å². The molecule has 0 fully saturated rings. The molecule has 1 N–H and O–H groups in total. The quantitative estimate of drug-likeness (QED) is 0.755. The molecule has 0 bridgehead atoms. The molecule has 0 spiro atoms. The first-order valence-electron chi connectivity index (χ1n) is 3.31. The molecule has 1 aromatic rings. The van der Waals surface area contributed by atoms with Crippen molar-refractivity contribution in [3.8, 4) is 0 Å². The minimum absolute atomic E-state index is 0.534. The van der Waals surface area contributed by atoms with Crippen molar-refractivity contribution in [1.82, 2.24) is 0 Å². The first-order valence-corrected chi connectivity index (χ1v) is 6.79. The summed E-state index contributed by atoms with van der Waals surface area (Å²) < 4.78 is 55.3. The molecule has 0 amide bonds. The van der Waals surface area contributed by atoms with Gasteiger partial charge in [0.05, 0.1) is 0 Å². The van der Waals surface area contributed by atoms with Gasteiger partial charge in [0.2, 0.25) is 0 Å². The monoisotopic (exact) mass is 254 g/mol. The predicted molar refractivity (Wildman–Crippen MR) is 40.8 cm³/mol. The molecule has 1 atom stereocenters. The topological polar surface area (TPSA) is 37.3 Å². The fourth-order valence-corrected chi connectivity index (χ4v) is 2.60. The Morgan fingerprint density at radius 2 is 1.62 bits per heavy atom. The fraction of sp³-hybridized carbons (Fsp3) is 0.143. The van der Waals surface area contributed by atoms with Crippen molar-refractivity contribution in [3.05, 3.63) is 30.3 Å². The zero-order valence-corrected chi connectivity index (χ0v) is 8.20. The Balaban J connectivity index is 3.17. The molecule has 72 valence electrons. The molecule has 0 aliphatic heterocycles. The summed E-state index contributed by atoms with van der Waals surface area (Å²) in [6.07, 6.45) is 0. The zero-order valence-electron chi connectivity index (χ0n) is 6.32. The molecule has 0 radical (unpaired) electrons. The van der Waals surface area contributed by atoms with Crippen LogP contribution >= 0.6 is 0 Å². The summed E-state index contributed by atoms with van der Waals surface area (Å²) in [4.78, 5) is -5.03. The standard InChI is InChI=1S/C7H6AsF3O2/c9-7(10,11)8(12,13)6-4-2-1-3-5-6/h1-5H,(H,12,13). The van der Waals surface area contributed by atoms with Gasteiger partial charge in [0.25, 0.3) is 0 Å². The molecule has 13 heavy (non-hydrogen) atoms. The van der Waals surface area contributed by atoms with E-state index >= 15 is 0 Å². The number of hydrogen-bond donors (Lipinski definition) is 1. The predicted octanol–water partition coefficient (Wildman–Crippen LogP) is 0.860. The molecule has 1 unspecified atom stereocenters. The summed E-state index contributed by atoms with van der Waals surface area (Å²) in [6, 6.07) is 6.09. The first kappa shape index (κ1) is 10.4. The van der Waals surface area contributed by atoms with Crippen molar-refractivity contribution in [2.24, 2.45) is 0 Å². The molecule has 0 saturated carbocycles. The van der Waals surface area contributed by atoms with Crippen molar-refractivity contribution in [2.75, 3.05) is 0 Å². The third-order valence-electron chi connectivity index (χ3n) is 1.45. The van der Waals surface area contributed by atoms with Crippen molar-refractivity contribution in [1.29, 1.82) is 0 Å². The second kappa shape index (κ2) is 3.23. The average Bonchev–Trinajstić information content (AvgIpc) is 2.04. The molecule has 0 aliphatic carbocycles. The minimum atomic E-state index is -5.89. The molecule has 0 saturated heterocycles. The van der Waals surface area contributed by atoms with E-state index in [1.807, 2.05) is 0 Å². The van der Waals surface area contributed by atoms with Crippen LogP contribution in [0.4, 0.5) is 13.2 Å². The van der Waals surface area contributed by atoms with Gasteiger partial charge in [-0.2, -0.15) is 0 Å². The second-order valence-corrected chi connectivity index (χ2v) is 6.94. The van der Waals surface area contributed by atoms with Crippen LogP contribution in [0.1, 0.15) is 0 Å².